The van der Waals surface area contributed by atoms with E-state index < -0.39 is 0 Å². The third kappa shape index (κ3) is 4.29. The quantitative estimate of drug-likeness (QED) is 0.826. The van der Waals surface area contributed by atoms with Crippen LogP contribution in [0.3, 0.4) is 0 Å². The minimum Gasteiger partial charge on any atom is -0.382 e. The highest BCUT2D eigenvalue weighted by Gasteiger charge is 2.00. The van der Waals surface area contributed by atoms with Crippen LogP contribution in [-0.2, 0) is 4.79 Å². The number of hydrogen-bond donors (Lipinski definition) is 2. The normalized spacial score (nSPS) is 9.80. The van der Waals surface area contributed by atoms with E-state index in [1.165, 1.54) is 19.1 Å². The number of carbonyl (C=O) groups excluding carboxylic acids is 1. The molecule has 0 aliphatic heterocycles. The maximum atomic E-state index is 12.9. The number of hydrogen-bond acceptors (Lipinski definition) is 2. The molecule has 0 aliphatic carbocycles. The largest absolute Gasteiger partial charge is 0.382 e. The Morgan fingerprint density at radius 1 is 1.47 bits per heavy atom. The molecule has 0 aliphatic rings. The van der Waals surface area contributed by atoms with Crippen LogP contribution in [0.2, 0.25) is 0 Å². The van der Waals surface area contributed by atoms with Crippen molar-refractivity contribution in [2.45, 2.75) is 6.92 Å². The minimum absolute atomic E-state index is 0.0740. The van der Waals surface area contributed by atoms with Gasteiger partial charge in [0.25, 0.3) is 0 Å². The first-order valence-corrected chi connectivity index (χ1v) is 5.32. The first kappa shape index (κ1) is 12.0. The van der Waals surface area contributed by atoms with Crippen LogP contribution in [-0.4, -0.2) is 19.0 Å². The number of benzene rings is 1. The highest BCUT2D eigenvalue weighted by molar-refractivity contribution is 9.10. The Labute approximate surface area is 96.2 Å². The number of rotatable bonds is 4. The van der Waals surface area contributed by atoms with Crippen molar-refractivity contribution in [3.05, 3.63) is 28.5 Å². The lowest BCUT2D eigenvalue weighted by molar-refractivity contribution is -0.118. The second-order valence-electron chi connectivity index (χ2n) is 3.03. The summed E-state index contributed by atoms with van der Waals surface area (Å²) in [5.41, 5.74) is 0.681. The van der Waals surface area contributed by atoms with E-state index in [0.717, 1.165) is 4.47 Å². The average molecular weight is 275 g/mol. The fourth-order valence-corrected chi connectivity index (χ4v) is 1.46. The van der Waals surface area contributed by atoms with Crippen molar-refractivity contribution in [2.75, 3.05) is 18.4 Å². The Hall–Kier alpha value is -1.10. The van der Waals surface area contributed by atoms with Crippen LogP contribution in [0.5, 0.6) is 0 Å². The van der Waals surface area contributed by atoms with E-state index >= 15 is 0 Å². The van der Waals surface area contributed by atoms with Crippen LogP contribution in [0.1, 0.15) is 6.92 Å². The van der Waals surface area contributed by atoms with Crippen LogP contribution in [0, 0.1) is 5.82 Å². The molecule has 0 saturated heterocycles. The van der Waals surface area contributed by atoms with Crippen LogP contribution >= 0.6 is 15.9 Å². The molecule has 5 heteroatoms. The Balaban J connectivity index is 2.43. The molecule has 82 valence electrons. The smallest absolute Gasteiger partial charge is 0.216 e. The van der Waals surface area contributed by atoms with Crippen molar-refractivity contribution in [1.29, 1.82) is 0 Å². The fourth-order valence-electron chi connectivity index (χ4n) is 1.07. The SMILES string of the molecule is CC(=O)NCCNc1cc(F)ccc1Br. The molecule has 0 fully saturated rings. The number of amides is 1. The molecular weight excluding hydrogens is 263 g/mol. The molecule has 2 N–H and O–H groups in total. The Morgan fingerprint density at radius 2 is 2.20 bits per heavy atom. The molecule has 0 atom stereocenters. The van der Waals surface area contributed by atoms with Crippen molar-refractivity contribution < 1.29 is 9.18 Å². The van der Waals surface area contributed by atoms with Gasteiger partial charge in [-0.1, -0.05) is 0 Å². The maximum Gasteiger partial charge on any atom is 0.216 e. The zero-order valence-electron chi connectivity index (χ0n) is 8.31. The maximum absolute atomic E-state index is 12.9. The molecule has 1 amide bonds. The molecule has 1 aromatic rings. The third-order valence-corrected chi connectivity index (χ3v) is 2.43. The summed E-state index contributed by atoms with van der Waals surface area (Å²) in [6.45, 7) is 2.53. The van der Waals surface area contributed by atoms with E-state index in [1.807, 2.05) is 0 Å². The topological polar surface area (TPSA) is 41.1 Å². The lowest BCUT2D eigenvalue weighted by Gasteiger charge is -2.08. The van der Waals surface area contributed by atoms with E-state index in [0.29, 0.717) is 18.8 Å². The first-order valence-electron chi connectivity index (χ1n) is 4.53. The fraction of sp³-hybridized carbons (Fsp3) is 0.300. The standard InChI is InChI=1S/C10H12BrFN2O/c1-7(15)13-4-5-14-10-6-8(12)2-3-9(10)11/h2-3,6,14H,4-5H2,1H3,(H,13,15). The molecular formula is C10H12BrFN2O. The van der Waals surface area contributed by atoms with Crippen molar-refractivity contribution in [1.82, 2.24) is 5.32 Å². The molecule has 0 heterocycles. The number of carbonyl (C=O) groups is 1. The van der Waals surface area contributed by atoms with Crippen LogP contribution in [0.25, 0.3) is 0 Å². The summed E-state index contributed by atoms with van der Waals surface area (Å²) in [7, 11) is 0. The lowest BCUT2D eigenvalue weighted by Crippen LogP contribution is -2.26. The van der Waals surface area contributed by atoms with Gasteiger partial charge in [0.1, 0.15) is 5.82 Å². The Morgan fingerprint density at radius 3 is 2.87 bits per heavy atom. The van der Waals surface area contributed by atoms with Gasteiger partial charge in [-0.3, -0.25) is 4.79 Å². The number of anilines is 1. The summed E-state index contributed by atoms with van der Waals surface area (Å²) in [5.74, 6) is -0.365. The van der Waals surface area contributed by atoms with Crippen molar-refractivity contribution in [3.8, 4) is 0 Å². The van der Waals surface area contributed by atoms with E-state index in [-0.39, 0.29) is 11.7 Å². The monoisotopic (exact) mass is 274 g/mol. The Kier molecular flexibility index (Phi) is 4.55. The number of halogens is 2. The average Bonchev–Trinajstić information content (AvgIpc) is 2.17. The molecule has 0 aromatic heterocycles. The molecule has 0 bridgehead atoms. The highest BCUT2D eigenvalue weighted by Crippen LogP contribution is 2.22. The molecule has 1 rings (SSSR count). The molecule has 0 saturated carbocycles. The van der Waals surface area contributed by atoms with Gasteiger partial charge in [0.15, 0.2) is 0 Å². The third-order valence-electron chi connectivity index (χ3n) is 1.74. The summed E-state index contributed by atoms with van der Waals surface area (Å²) in [5, 5.41) is 5.65. The molecule has 1 aromatic carbocycles. The van der Waals surface area contributed by atoms with E-state index in [9.17, 15) is 9.18 Å². The summed E-state index contributed by atoms with van der Waals surface area (Å²) in [4.78, 5) is 10.6. The number of nitrogens with one attached hydrogen (secondary N) is 2. The van der Waals surface area contributed by atoms with E-state index in [2.05, 4.69) is 26.6 Å². The van der Waals surface area contributed by atoms with E-state index in [1.54, 1.807) is 6.07 Å². The molecule has 0 radical (unpaired) electrons. The summed E-state index contributed by atoms with van der Waals surface area (Å²) >= 11 is 3.29. The van der Waals surface area contributed by atoms with Gasteiger partial charge in [-0.05, 0) is 34.1 Å². The first-order chi connectivity index (χ1) is 7.09. The van der Waals surface area contributed by atoms with Crippen molar-refractivity contribution >= 4 is 27.5 Å². The van der Waals surface area contributed by atoms with Gasteiger partial charge in [-0.2, -0.15) is 0 Å². The zero-order valence-corrected chi connectivity index (χ0v) is 9.90. The molecule has 0 unspecified atom stereocenters. The minimum atomic E-state index is -0.291. The van der Waals surface area contributed by atoms with E-state index in [4.69, 9.17) is 0 Å². The van der Waals surface area contributed by atoms with Gasteiger partial charge < -0.3 is 10.6 Å². The summed E-state index contributed by atoms with van der Waals surface area (Å²) in [6.07, 6.45) is 0. The van der Waals surface area contributed by atoms with Gasteiger partial charge >= 0.3 is 0 Å². The predicted octanol–water partition coefficient (Wildman–Crippen LogP) is 2.14. The highest BCUT2D eigenvalue weighted by atomic mass is 79.9. The van der Waals surface area contributed by atoms with Crippen LogP contribution < -0.4 is 10.6 Å². The van der Waals surface area contributed by atoms with Gasteiger partial charge in [0, 0.05) is 24.5 Å². The van der Waals surface area contributed by atoms with Crippen LogP contribution in [0.15, 0.2) is 22.7 Å². The summed E-state index contributed by atoms with van der Waals surface area (Å²) < 4.78 is 13.7. The van der Waals surface area contributed by atoms with Gasteiger partial charge in [-0.25, -0.2) is 4.39 Å². The zero-order chi connectivity index (χ0) is 11.3. The van der Waals surface area contributed by atoms with Crippen molar-refractivity contribution in [2.24, 2.45) is 0 Å². The van der Waals surface area contributed by atoms with Gasteiger partial charge in [-0.15, -0.1) is 0 Å². The Bertz CT molecular complexity index is 357. The predicted molar refractivity (Wildman–Crippen MR) is 61.3 cm³/mol. The molecule has 15 heavy (non-hydrogen) atoms. The second kappa shape index (κ2) is 5.70. The lowest BCUT2D eigenvalue weighted by atomic mass is 10.3. The van der Waals surface area contributed by atoms with Crippen LogP contribution in [0.4, 0.5) is 10.1 Å². The molecule has 3 nitrogen and oxygen atoms in total. The van der Waals surface area contributed by atoms with Crippen molar-refractivity contribution in [3.63, 3.8) is 0 Å². The van der Waals surface area contributed by atoms with Gasteiger partial charge in [0.05, 0.1) is 5.69 Å². The summed E-state index contributed by atoms with van der Waals surface area (Å²) in [6, 6.07) is 4.41. The van der Waals surface area contributed by atoms with Gasteiger partial charge in [0.2, 0.25) is 5.91 Å². The molecule has 0 spiro atoms. The second-order valence-corrected chi connectivity index (χ2v) is 3.89.